The highest BCUT2D eigenvalue weighted by Crippen LogP contribution is 2.23. The Balaban J connectivity index is 2.03. The zero-order chi connectivity index (χ0) is 13.0. The van der Waals surface area contributed by atoms with Gasteiger partial charge in [0.05, 0.1) is 0 Å². The fraction of sp³-hybridized carbons (Fsp3) is 0.600. The standard InChI is InChI=1S/C15H25N3/c1-3-17(4-2)15-8-9-18(12-15)14-7-5-6-13(10-14)11-16/h5-7,10,15H,3-4,8-9,11-12,16H2,1-2H3. The molecule has 1 saturated heterocycles. The van der Waals surface area contributed by atoms with Gasteiger partial charge in [-0.25, -0.2) is 0 Å². The van der Waals surface area contributed by atoms with Crippen molar-refractivity contribution >= 4 is 5.69 Å². The molecule has 100 valence electrons. The van der Waals surface area contributed by atoms with E-state index in [9.17, 15) is 0 Å². The van der Waals surface area contributed by atoms with Gasteiger partial charge in [-0.05, 0) is 37.2 Å². The third-order valence-electron chi connectivity index (χ3n) is 4.00. The molecule has 0 amide bonds. The molecule has 0 aromatic heterocycles. The number of anilines is 1. The summed E-state index contributed by atoms with van der Waals surface area (Å²) < 4.78 is 0. The van der Waals surface area contributed by atoms with E-state index in [1.165, 1.54) is 17.7 Å². The molecule has 2 rings (SSSR count). The Kier molecular flexibility index (Phi) is 4.61. The molecule has 1 aromatic carbocycles. The quantitative estimate of drug-likeness (QED) is 0.864. The van der Waals surface area contributed by atoms with Gasteiger partial charge < -0.3 is 10.6 Å². The summed E-state index contributed by atoms with van der Waals surface area (Å²) in [6.45, 7) is 9.74. The Labute approximate surface area is 111 Å². The van der Waals surface area contributed by atoms with Crippen LogP contribution < -0.4 is 10.6 Å². The first-order valence-electron chi connectivity index (χ1n) is 7.06. The van der Waals surface area contributed by atoms with Gasteiger partial charge in [0.15, 0.2) is 0 Å². The van der Waals surface area contributed by atoms with E-state index in [2.05, 4.69) is 47.9 Å². The lowest BCUT2D eigenvalue weighted by Crippen LogP contribution is -2.37. The van der Waals surface area contributed by atoms with Crippen LogP contribution >= 0.6 is 0 Å². The molecule has 0 spiro atoms. The molecular weight excluding hydrogens is 222 g/mol. The highest BCUT2D eigenvalue weighted by atomic mass is 15.2. The molecule has 0 bridgehead atoms. The lowest BCUT2D eigenvalue weighted by molar-refractivity contribution is 0.232. The molecule has 18 heavy (non-hydrogen) atoms. The molecule has 1 fully saturated rings. The first kappa shape index (κ1) is 13.4. The van der Waals surface area contributed by atoms with Crippen molar-refractivity contribution in [3.63, 3.8) is 0 Å². The summed E-state index contributed by atoms with van der Waals surface area (Å²) in [4.78, 5) is 5.05. The van der Waals surface area contributed by atoms with Crippen molar-refractivity contribution in [3.8, 4) is 0 Å². The van der Waals surface area contributed by atoms with Crippen molar-refractivity contribution in [1.29, 1.82) is 0 Å². The van der Waals surface area contributed by atoms with Gasteiger partial charge in [-0.15, -0.1) is 0 Å². The van der Waals surface area contributed by atoms with Gasteiger partial charge in [0.25, 0.3) is 0 Å². The molecule has 0 aliphatic carbocycles. The smallest absolute Gasteiger partial charge is 0.0369 e. The summed E-state index contributed by atoms with van der Waals surface area (Å²) in [6.07, 6.45) is 1.27. The van der Waals surface area contributed by atoms with E-state index in [1.54, 1.807) is 0 Å². The molecule has 1 heterocycles. The van der Waals surface area contributed by atoms with Crippen LogP contribution in [0.5, 0.6) is 0 Å². The van der Waals surface area contributed by atoms with E-state index < -0.39 is 0 Å². The van der Waals surface area contributed by atoms with Gasteiger partial charge in [-0.3, -0.25) is 4.90 Å². The van der Waals surface area contributed by atoms with E-state index in [0.717, 1.165) is 26.2 Å². The highest BCUT2D eigenvalue weighted by molar-refractivity contribution is 5.49. The normalized spacial score (nSPS) is 19.8. The van der Waals surface area contributed by atoms with Gasteiger partial charge in [-0.2, -0.15) is 0 Å². The zero-order valence-corrected chi connectivity index (χ0v) is 11.6. The summed E-state index contributed by atoms with van der Waals surface area (Å²) in [5, 5.41) is 0. The molecule has 2 N–H and O–H groups in total. The molecule has 3 nitrogen and oxygen atoms in total. The number of nitrogens with two attached hydrogens (primary N) is 1. The minimum Gasteiger partial charge on any atom is -0.370 e. The van der Waals surface area contributed by atoms with Crippen LogP contribution in [0.3, 0.4) is 0 Å². The van der Waals surface area contributed by atoms with Gasteiger partial charge >= 0.3 is 0 Å². The number of rotatable bonds is 5. The Hall–Kier alpha value is -1.06. The van der Waals surface area contributed by atoms with Crippen LogP contribution in [-0.2, 0) is 6.54 Å². The molecule has 1 aromatic rings. The first-order chi connectivity index (χ1) is 8.78. The lowest BCUT2D eigenvalue weighted by atomic mass is 10.2. The molecule has 1 aliphatic heterocycles. The summed E-state index contributed by atoms with van der Waals surface area (Å²) in [5.41, 5.74) is 8.26. The fourth-order valence-corrected chi connectivity index (χ4v) is 2.89. The van der Waals surface area contributed by atoms with Crippen molar-refractivity contribution in [2.45, 2.75) is 32.9 Å². The second-order valence-electron chi connectivity index (χ2n) is 4.98. The lowest BCUT2D eigenvalue weighted by Gasteiger charge is -2.26. The second kappa shape index (κ2) is 6.21. The number of hydrogen-bond donors (Lipinski definition) is 1. The Bertz CT molecular complexity index is 374. The monoisotopic (exact) mass is 247 g/mol. The van der Waals surface area contributed by atoms with Gasteiger partial charge in [0.1, 0.15) is 0 Å². The Morgan fingerprint density at radius 2 is 2.11 bits per heavy atom. The van der Waals surface area contributed by atoms with Crippen molar-refractivity contribution in [1.82, 2.24) is 4.90 Å². The summed E-state index contributed by atoms with van der Waals surface area (Å²) >= 11 is 0. The van der Waals surface area contributed by atoms with Crippen molar-refractivity contribution in [2.75, 3.05) is 31.1 Å². The van der Waals surface area contributed by atoms with Crippen molar-refractivity contribution in [2.24, 2.45) is 5.73 Å². The molecule has 0 saturated carbocycles. The van der Waals surface area contributed by atoms with Crippen molar-refractivity contribution in [3.05, 3.63) is 29.8 Å². The average molecular weight is 247 g/mol. The maximum atomic E-state index is 5.71. The molecule has 3 heteroatoms. The number of nitrogens with zero attached hydrogens (tertiary/aromatic N) is 2. The van der Waals surface area contributed by atoms with E-state index in [1.807, 2.05) is 0 Å². The van der Waals surface area contributed by atoms with Crippen LogP contribution in [0.2, 0.25) is 0 Å². The van der Waals surface area contributed by atoms with Crippen LogP contribution in [0.25, 0.3) is 0 Å². The second-order valence-corrected chi connectivity index (χ2v) is 4.98. The van der Waals surface area contributed by atoms with E-state index >= 15 is 0 Å². The minimum absolute atomic E-state index is 0.626. The van der Waals surface area contributed by atoms with Gasteiger partial charge in [0, 0.05) is 31.4 Å². The Morgan fingerprint density at radius 3 is 2.78 bits per heavy atom. The largest absolute Gasteiger partial charge is 0.370 e. The number of benzene rings is 1. The predicted molar refractivity (Wildman–Crippen MR) is 77.9 cm³/mol. The molecule has 0 radical (unpaired) electrons. The Morgan fingerprint density at radius 1 is 1.33 bits per heavy atom. The minimum atomic E-state index is 0.626. The molecule has 1 aliphatic rings. The van der Waals surface area contributed by atoms with Gasteiger partial charge in [0.2, 0.25) is 0 Å². The molecule has 1 atom stereocenters. The third kappa shape index (κ3) is 2.85. The van der Waals surface area contributed by atoms with Crippen LogP contribution in [0.4, 0.5) is 5.69 Å². The number of hydrogen-bond acceptors (Lipinski definition) is 3. The third-order valence-corrected chi connectivity index (χ3v) is 4.00. The highest BCUT2D eigenvalue weighted by Gasteiger charge is 2.26. The van der Waals surface area contributed by atoms with Gasteiger partial charge in [-0.1, -0.05) is 26.0 Å². The maximum absolute atomic E-state index is 5.71. The van der Waals surface area contributed by atoms with Crippen LogP contribution in [0, 0.1) is 0 Å². The van der Waals surface area contributed by atoms with E-state index in [0.29, 0.717) is 12.6 Å². The summed E-state index contributed by atoms with van der Waals surface area (Å²) in [5.74, 6) is 0. The van der Waals surface area contributed by atoms with Crippen molar-refractivity contribution < 1.29 is 0 Å². The van der Waals surface area contributed by atoms with Crippen LogP contribution in [-0.4, -0.2) is 37.1 Å². The first-order valence-corrected chi connectivity index (χ1v) is 7.06. The predicted octanol–water partition coefficient (Wildman–Crippen LogP) is 2.07. The average Bonchev–Trinajstić information content (AvgIpc) is 2.90. The van der Waals surface area contributed by atoms with E-state index in [-0.39, 0.29) is 0 Å². The zero-order valence-electron chi connectivity index (χ0n) is 11.6. The molecule has 1 unspecified atom stereocenters. The fourth-order valence-electron chi connectivity index (χ4n) is 2.89. The number of likely N-dealkylation sites (N-methyl/N-ethyl adjacent to an activating group) is 1. The SMILES string of the molecule is CCN(CC)C1CCN(c2cccc(CN)c2)C1. The topological polar surface area (TPSA) is 32.5 Å². The van der Waals surface area contributed by atoms with Crippen LogP contribution in [0.1, 0.15) is 25.8 Å². The summed E-state index contributed by atoms with van der Waals surface area (Å²) in [7, 11) is 0. The van der Waals surface area contributed by atoms with E-state index in [4.69, 9.17) is 5.73 Å². The molecular formula is C15H25N3. The maximum Gasteiger partial charge on any atom is 0.0369 e. The summed E-state index contributed by atoms with van der Waals surface area (Å²) in [6, 6.07) is 9.35. The van der Waals surface area contributed by atoms with Crippen LogP contribution in [0.15, 0.2) is 24.3 Å².